The van der Waals surface area contributed by atoms with Gasteiger partial charge in [0.25, 0.3) is 5.56 Å². The molecule has 0 amide bonds. The van der Waals surface area contributed by atoms with Crippen molar-refractivity contribution in [2.24, 2.45) is 0 Å². The van der Waals surface area contributed by atoms with Crippen molar-refractivity contribution in [3.63, 3.8) is 0 Å². The molecule has 0 spiro atoms. The number of nitrogens with one attached hydrogen (secondary N) is 1. The summed E-state index contributed by atoms with van der Waals surface area (Å²) in [6.07, 6.45) is 3.28. The first-order valence-electron chi connectivity index (χ1n) is 6.04. The molecule has 1 unspecified atom stereocenters. The van der Waals surface area contributed by atoms with Crippen LogP contribution in [0.4, 0.5) is 5.69 Å². The second-order valence-corrected chi connectivity index (χ2v) is 5.43. The summed E-state index contributed by atoms with van der Waals surface area (Å²) in [5, 5.41) is 10.2. The summed E-state index contributed by atoms with van der Waals surface area (Å²) in [5.74, 6) is 0. The zero-order chi connectivity index (χ0) is 14.5. The highest BCUT2D eigenvalue weighted by molar-refractivity contribution is 7.09. The highest BCUT2D eigenvalue weighted by atomic mass is 35.5. The minimum atomic E-state index is -0.333. The Morgan fingerprint density at radius 1 is 1.60 bits per heavy atom. The molecule has 0 saturated carbocycles. The normalized spacial score (nSPS) is 12.3. The number of methoxy groups -OCH3 is 1. The van der Waals surface area contributed by atoms with E-state index >= 15 is 0 Å². The summed E-state index contributed by atoms with van der Waals surface area (Å²) < 4.78 is 6.20. The molecule has 2 aromatic heterocycles. The quantitative estimate of drug-likeness (QED) is 0.885. The van der Waals surface area contributed by atoms with E-state index in [1.807, 2.05) is 12.3 Å². The average molecular weight is 315 g/mol. The molecule has 6 nitrogen and oxygen atoms in total. The van der Waals surface area contributed by atoms with E-state index in [9.17, 15) is 4.79 Å². The molecule has 2 heterocycles. The first-order valence-corrected chi connectivity index (χ1v) is 7.29. The highest BCUT2D eigenvalue weighted by Gasteiger charge is 2.13. The average Bonchev–Trinajstić information content (AvgIpc) is 2.97. The van der Waals surface area contributed by atoms with Gasteiger partial charge in [0.05, 0.1) is 31.1 Å². The zero-order valence-electron chi connectivity index (χ0n) is 11.2. The molecule has 0 aromatic carbocycles. The maximum absolute atomic E-state index is 12.0. The van der Waals surface area contributed by atoms with E-state index in [0.29, 0.717) is 18.8 Å². The van der Waals surface area contributed by atoms with Crippen LogP contribution in [0.25, 0.3) is 0 Å². The van der Waals surface area contributed by atoms with Gasteiger partial charge in [-0.3, -0.25) is 4.79 Å². The van der Waals surface area contributed by atoms with Crippen LogP contribution in [-0.4, -0.2) is 28.5 Å². The molecular formula is C12H15ClN4O2S. The molecule has 20 heavy (non-hydrogen) atoms. The Bertz CT molecular complexity index is 614. The van der Waals surface area contributed by atoms with Crippen LogP contribution in [0.15, 0.2) is 22.6 Å². The maximum atomic E-state index is 12.0. The summed E-state index contributed by atoms with van der Waals surface area (Å²) in [5.41, 5.74) is 0.174. The van der Waals surface area contributed by atoms with Gasteiger partial charge in [-0.05, 0) is 6.92 Å². The van der Waals surface area contributed by atoms with Gasteiger partial charge in [0, 0.05) is 18.7 Å². The van der Waals surface area contributed by atoms with E-state index < -0.39 is 0 Å². The minimum Gasteiger partial charge on any atom is -0.383 e. The molecule has 1 N–H and O–H groups in total. The van der Waals surface area contributed by atoms with E-state index in [0.717, 1.165) is 5.01 Å². The maximum Gasteiger partial charge on any atom is 0.287 e. The molecule has 0 aliphatic heterocycles. The second-order valence-electron chi connectivity index (χ2n) is 4.13. The standard InChI is InChI=1S/C12H15ClN4O2S/c1-8(11-14-3-6-20-11)16-9-7-15-17(4-5-19-2)12(18)10(9)13/h3,6-8,16H,4-5H2,1-2H3. The van der Waals surface area contributed by atoms with Gasteiger partial charge in [-0.15, -0.1) is 11.3 Å². The first kappa shape index (κ1) is 15.0. The number of rotatable bonds is 6. The van der Waals surface area contributed by atoms with Gasteiger partial charge in [0.2, 0.25) is 0 Å². The summed E-state index contributed by atoms with van der Waals surface area (Å²) in [6, 6.07) is -0.0384. The molecule has 0 bridgehead atoms. The molecule has 0 saturated heterocycles. The van der Waals surface area contributed by atoms with Crippen molar-refractivity contribution in [3.8, 4) is 0 Å². The topological polar surface area (TPSA) is 69.0 Å². The van der Waals surface area contributed by atoms with Crippen LogP contribution in [0.2, 0.25) is 5.02 Å². The fourth-order valence-corrected chi connectivity index (χ4v) is 2.49. The lowest BCUT2D eigenvalue weighted by Gasteiger charge is -2.14. The van der Waals surface area contributed by atoms with Crippen LogP contribution in [0, 0.1) is 0 Å². The van der Waals surface area contributed by atoms with Gasteiger partial charge >= 0.3 is 0 Å². The molecule has 0 radical (unpaired) electrons. The largest absolute Gasteiger partial charge is 0.383 e. The van der Waals surface area contributed by atoms with Crippen molar-refractivity contribution in [1.29, 1.82) is 0 Å². The number of hydrogen-bond donors (Lipinski definition) is 1. The van der Waals surface area contributed by atoms with Crippen LogP contribution in [0.3, 0.4) is 0 Å². The Balaban J connectivity index is 2.17. The van der Waals surface area contributed by atoms with Crippen LogP contribution in [0.5, 0.6) is 0 Å². The predicted molar refractivity (Wildman–Crippen MR) is 79.5 cm³/mol. The van der Waals surface area contributed by atoms with Crippen molar-refractivity contribution >= 4 is 28.6 Å². The van der Waals surface area contributed by atoms with Gasteiger partial charge in [-0.25, -0.2) is 9.67 Å². The van der Waals surface area contributed by atoms with Gasteiger partial charge in [-0.1, -0.05) is 11.6 Å². The molecule has 0 aliphatic rings. The SMILES string of the molecule is COCCn1ncc(NC(C)c2nccs2)c(Cl)c1=O. The predicted octanol–water partition coefficient (Wildman–Crippen LogP) is 2.17. The van der Waals surface area contributed by atoms with Crippen LogP contribution in [-0.2, 0) is 11.3 Å². The molecule has 8 heteroatoms. The van der Waals surface area contributed by atoms with Gasteiger partial charge in [0.1, 0.15) is 10.0 Å². The molecule has 1 atom stereocenters. The lowest BCUT2D eigenvalue weighted by Crippen LogP contribution is -2.26. The van der Waals surface area contributed by atoms with E-state index in [-0.39, 0.29) is 16.6 Å². The number of hydrogen-bond acceptors (Lipinski definition) is 6. The van der Waals surface area contributed by atoms with Crippen molar-refractivity contribution in [2.75, 3.05) is 19.0 Å². The first-order chi connectivity index (χ1) is 9.63. The van der Waals surface area contributed by atoms with Gasteiger partial charge in [-0.2, -0.15) is 5.10 Å². The van der Waals surface area contributed by atoms with Gasteiger partial charge < -0.3 is 10.1 Å². The molecular weight excluding hydrogens is 300 g/mol. The Kier molecular flexibility index (Phi) is 5.11. The van der Waals surface area contributed by atoms with Crippen molar-refractivity contribution in [2.45, 2.75) is 19.5 Å². The number of anilines is 1. The smallest absolute Gasteiger partial charge is 0.287 e. The number of ether oxygens (including phenoxy) is 1. The summed E-state index contributed by atoms with van der Waals surface area (Å²) in [6.45, 7) is 2.73. The molecule has 2 aromatic rings. The lowest BCUT2D eigenvalue weighted by atomic mass is 10.3. The highest BCUT2D eigenvalue weighted by Crippen LogP contribution is 2.23. The molecule has 0 fully saturated rings. The fraction of sp³-hybridized carbons (Fsp3) is 0.417. The van der Waals surface area contributed by atoms with Crippen molar-refractivity contribution in [1.82, 2.24) is 14.8 Å². The number of nitrogens with zero attached hydrogens (tertiary/aromatic N) is 3. The zero-order valence-corrected chi connectivity index (χ0v) is 12.7. The van der Waals surface area contributed by atoms with Crippen LogP contribution >= 0.6 is 22.9 Å². The second kappa shape index (κ2) is 6.83. The minimum absolute atomic E-state index is 0.0384. The third-order valence-corrected chi connectivity index (χ3v) is 4.01. The monoisotopic (exact) mass is 314 g/mol. The Morgan fingerprint density at radius 3 is 3.05 bits per heavy atom. The Morgan fingerprint density at radius 2 is 2.40 bits per heavy atom. The number of aromatic nitrogens is 3. The fourth-order valence-electron chi connectivity index (χ4n) is 1.65. The van der Waals surface area contributed by atoms with Crippen LogP contribution < -0.4 is 10.9 Å². The summed E-state index contributed by atoms with van der Waals surface area (Å²) in [4.78, 5) is 16.2. The van der Waals surface area contributed by atoms with Gasteiger partial charge in [0.15, 0.2) is 0 Å². The molecule has 0 aliphatic carbocycles. The number of halogens is 1. The van der Waals surface area contributed by atoms with E-state index in [2.05, 4.69) is 15.4 Å². The lowest BCUT2D eigenvalue weighted by molar-refractivity contribution is 0.182. The Labute approximate surface area is 125 Å². The number of thiazole rings is 1. The van der Waals surface area contributed by atoms with E-state index in [4.69, 9.17) is 16.3 Å². The van der Waals surface area contributed by atoms with E-state index in [1.165, 1.54) is 16.0 Å². The van der Waals surface area contributed by atoms with Crippen LogP contribution in [0.1, 0.15) is 18.0 Å². The summed E-state index contributed by atoms with van der Waals surface area (Å²) in [7, 11) is 1.57. The molecule has 108 valence electrons. The molecule has 2 rings (SSSR count). The third kappa shape index (κ3) is 3.36. The van der Waals surface area contributed by atoms with Crippen molar-refractivity contribution < 1.29 is 4.74 Å². The Hall–Kier alpha value is -1.44. The third-order valence-electron chi connectivity index (χ3n) is 2.69. The van der Waals surface area contributed by atoms with E-state index in [1.54, 1.807) is 19.5 Å². The van der Waals surface area contributed by atoms with Crippen molar-refractivity contribution in [3.05, 3.63) is 38.2 Å². The summed E-state index contributed by atoms with van der Waals surface area (Å²) >= 11 is 7.63.